The van der Waals surface area contributed by atoms with Crippen molar-refractivity contribution in [1.82, 2.24) is 14.6 Å². The van der Waals surface area contributed by atoms with Crippen LogP contribution in [0.2, 0.25) is 5.02 Å². The quantitative estimate of drug-likeness (QED) is 0.485. The Morgan fingerprint density at radius 3 is 2.59 bits per heavy atom. The zero-order valence-electron chi connectivity index (χ0n) is 16.3. The number of carbonyl (C=O) groups excluding carboxylic acids is 1. The van der Waals surface area contributed by atoms with E-state index in [1.807, 2.05) is 18.4 Å². The van der Waals surface area contributed by atoms with Crippen molar-refractivity contribution < 1.29 is 9.53 Å². The van der Waals surface area contributed by atoms with Crippen molar-refractivity contribution >= 4 is 34.6 Å². The lowest BCUT2D eigenvalue weighted by atomic mass is 9.98. The molecule has 3 heterocycles. The Labute approximate surface area is 168 Å². The van der Waals surface area contributed by atoms with E-state index in [4.69, 9.17) is 26.4 Å². The van der Waals surface area contributed by atoms with Crippen LogP contribution in [0.15, 0.2) is 12.1 Å². The fourth-order valence-corrected chi connectivity index (χ4v) is 4.80. The van der Waals surface area contributed by atoms with Crippen molar-refractivity contribution in [1.29, 1.82) is 0 Å². The topological polar surface area (TPSA) is 56.5 Å². The van der Waals surface area contributed by atoms with Gasteiger partial charge in [-0.2, -0.15) is 5.10 Å². The van der Waals surface area contributed by atoms with E-state index in [1.54, 1.807) is 13.0 Å². The van der Waals surface area contributed by atoms with Crippen LogP contribution in [0, 0.1) is 13.8 Å². The molecule has 0 aliphatic heterocycles. The number of thiophene rings is 1. The van der Waals surface area contributed by atoms with Gasteiger partial charge in [0.1, 0.15) is 4.88 Å². The average Bonchev–Trinajstić information content (AvgIpc) is 3.15. The maximum Gasteiger partial charge on any atom is 0.348 e. The second-order valence-corrected chi connectivity index (χ2v) is 8.00. The summed E-state index contributed by atoms with van der Waals surface area (Å²) >= 11 is 7.81. The van der Waals surface area contributed by atoms with Crippen LogP contribution in [0.25, 0.3) is 16.1 Å². The Morgan fingerprint density at radius 1 is 1.26 bits per heavy atom. The van der Waals surface area contributed by atoms with Crippen LogP contribution in [-0.4, -0.2) is 27.2 Å². The molecule has 5 nitrogen and oxygen atoms in total. The van der Waals surface area contributed by atoms with Gasteiger partial charge in [0.2, 0.25) is 0 Å². The number of esters is 1. The summed E-state index contributed by atoms with van der Waals surface area (Å²) in [5.74, 6) is 0.0573. The van der Waals surface area contributed by atoms with Crippen LogP contribution in [0.5, 0.6) is 0 Å². The molecule has 0 radical (unpaired) electrons. The van der Waals surface area contributed by atoms with Crippen molar-refractivity contribution in [2.24, 2.45) is 0 Å². The van der Waals surface area contributed by atoms with E-state index >= 15 is 0 Å². The van der Waals surface area contributed by atoms with E-state index in [9.17, 15) is 4.79 Å². The summed E-state index contributed by atoms with van der Waals surface area (Å²) < 4.78 is 7.05. The predicted molar refractivity (Wildman–Crippen MR) is 110 cm³/mol. The lowest BCUT2D eigenvalue weighted by Crippen LogP contribution is -2.07. The Bertz CT molecular complexity index is 989. The number of halogens is 1. The molecule has 0 spiro atoms. The summed E-state index contributed by atoms with van der Waals surface area (Å²) in [6, 6.07) is 3.78. The lowest BCUT2D eigenvalue weighted by Gasteiger charge is -2.15. The molecule has 0 unspecified atom stereocenters. The van der Waals surface area contributed by atoms with Gasteiger partial charge in [-0.3, -0.25) is 0 Å². The van der Waals surface area contributed by atoms with Crippen LogP contribution in [0.3, 0.4) is 0 Å². The first-order valence-electron chi connectivity index (χ1n) is 9.24. The third-order valence-electron chi connectivity index (χ3n) is 4.71. The average molecular weight is 406 g/mol. The van der Waals surface area contributed by atoms with Crippen molar-refractivity contribution in [2.75, 3.05) is 6.61 Å². The van der Waals surface area contributed by atoms with E-state index in [2.05, 4.69) is 19.9 Å². The Kier molecular flexibility index (Phi) is 5.86. The highest BCUT2D eigenvalue weighted by Crippen LogP contribution is 2.40. The fourth-order valence-electron chi connectivity index (χ4n) is 3.38. The third-order valence-corrected chi connectivity index (χ3v) is 6.26. The molecular weight excluding hydrogens is 382 g/mol. The molecular formula is C20H24ClN3O2S. The van der Waals surface area contributed by atoms with E-state index in [1.165, 1.54) is 11.3 Å². The normalized spacial score (nSPS) is 11.5. The minimum absolute atomic E-state index is 0.332. The lowest BCUT2D eigenvalue weighted by molar-refractivity contribution is 0.0532. The monoisotopic (exact) mass is 405 g/mol. The number of nitrogens with zero attached hydrogens (tertiary/aromatic N) is 3. The summed E-state index contributed by atoms with van der Waals surface area (Å²) in [7, 11) is 0. The zero-order chi connectivity index (χ0) is 19.7. The van der Waals surface area contributed by atoms with Gasteiger partial charge in [-0.15, -0.1) is 11.3 Å². The number of carbonyl (C=O) groups is 1. The smallest absolute Gasteiger partial charge is 0.348 e. The Hall–Kier alpha value is -1.92. The van der Waals surface area contributed by atoms with E-state index in [0.29, 0.717) is 22.4 Å². The molecule has 0 aliphatic carbocycles. The maximum atomic E-state index is 12.1. The summed E-state index contributed by atoms with van der Waals surface area (Å²) in [5, 5.41) is 5.29. The van der Waals surface area contributed by atoms with Gasteiger partial charge in [-0.25, -0.2) is 14.3 Å². The van der Waals surface area contributed by atoms with Gasteiger partial charge in [-0.05, 0) is 45.7 Å². The van der Waals surface area contributed by atoms with Gasteiger partial charge in [0.25, 0.3) is 0 Å². The van der Waals surface area contributed by atoms with Crippen molar-refractivity contribution in [3.8, 4) is 10.4 Å². The molecule has 0 aliphatic rings. The van der Waals surface area contributed by atoms with Gasteiger partial charge in [0.15, 0.2) is 5.65 Å². The van der Waals surface area contributed by atoms with E-state index in [-0.39, 0.29) is 5.97 Å². The van der Waals surface area contributed by atoms with E-state index in [0.717, 1.165) is 46.0 Å². The molecule has 0 amide bonds. The summed E-state index contributed by atoms with van der Waals surface area (Å²) in [6.45, 7) is 10.5. The predicted octanol–water partition coefficient (Wildman–Crippen LogP) is 5.81. The number of rotatable bonds is 6. The second-order valence-electron chi connectivity index (χ2n) is 6.54. The summed E-state index contributed by atoms with van der Waals surface area (Å²) in [5.41, 5.74) is 4.63. The highest BCUT2D eigenvalue weighted by molar-refractivity contribution is 7.18. The standard InChI is InChI=1S/C20H24ClN3O2S/c1-6-13(7-2)15-9-11(4)22-19-17(12(5)23-24(15)19)18-14(21)10-16(27-18)20(25)26-8-3/h9-10,13H,6-8H2,1-5H3. The number of aryl methyl sites for hydroxylation is 2. The van der Waals surface area contributed by atoms with Crippen LogP contribution >= 0.6 is 22.9 Å². The SMILES string of the molecule is CCOC(=O)c1cc(Cl)c(-c2c(C)nn3c(C(CC)CC)cc(C)nc23)s1. The van der Waals surface area contributed by atoms with Gasteiger partial charge < -0.3 is 4.74 Å². The molecule has 144 valence electrons. The van der Waals surface area contributed by atoms with Gasteiger partial charge in [0, 0.05) is 17.3 Å². The Balaban J connectivity index is 2.22. The molecule has 3 aromatic rings. The summed E-state index contributed by atoms with van der Waals surface area (Å²) in [4.78, 5) is 18.1. The van der Waals surface area contributed by atoms with Crippen LogP contribution in [-0.2, 0) is 4.74 Å². The molecule has 0 bridgehead atoms. The first-order valence-corrected chi connectivity index (χ1v) is 10.4. The number of ether oxygens (including phenoxy) is 1. The second kappa shape index (κ2) is 7.98. The summed E-state index contributed by atoms with van der Waals surface area (Å²) in [6.07, 6.45) is 2.08. The molecule has 0 fully saturated rings. The Morgan fingerprint density at radius 2 is 1.96 bits per heavy atom. The van der Waals surface area contributed by atoms with E-state index < -0.39 is 0 Å². The molecule has 7 heteroatoms. The minimum Gasteiger partial charge on any atom is -0.462 e. The van der Waals surface area contributed by atoms with Gasteiger partial charge in [0.05, 0.1) is 27.8 Å². The number of fused-ring (bicyclic) bond motifs is 1. The number of hydrogen-bond donors (Lipinski definition) is 0. The molecule has 0 saturated heterocycles. The molecule has 0 saturated carbocycles. The first-order chi connectivity index (χ1) is 12.9. The molecule has 3 rings (SSSR count). The zero-order valence-corrected chi connectivity index (χ0v) is 17.9. The van der Waals surface area contributed by atoms with Crippen LogP contribution < -0.4 is 0 Å². The molecule has 0 aromatic carbocycles. The number of aromatic nitrogens is 3. The number of hydrogen-bond acceptors (Lipinski definition) is 5. The molecule has 27 heavy (non-hydrogen) atoms. The van der Waals surface area contributed by atoms with Crippen molar-refractivity contribution in [2.45, 2.75) is 53.4 Å². The van der Waals surface area contributed by atoms with Crippen LogP contribution in [0.4, 0.5) is 0 Å². The van der Waals surface area contributed by atoms with Gasteiger partial charge >= 0.3 is 5.97 Å². The molecule has 3 aromatic heterocycles. The molecule has 0 atom stereocenters. The largest absolute Gasteiger partial charge is 0.462 e. The third kappa shape index (κ3) is 3.60. The van der Waals surface area contributed by atoms with Gasteiger partial charge in [-0.1, -0.05) is 25.4 Å². The van der Waals surface area contributed by atoms with Crippen molar-refractivity contribution in [3.63, 3.8) is 0 Å². The molecule has 0 N–H and O–H groups in total. The first kappa shape index (κ1) is 19.8. The fraction of sp³-hybridized carbons (Fsp3) is 0.450. The highest BCUT2D eigenvalue weighted by atomic mass is 35.5. The maximum absolute atomic E-state index is 12.1. The highest BCUT2D eigenvalue weighted by Gasteiger charge is 2.24. The minimum atomic E-state index is -0.355. The van der Waals surface area contributed by atoms with Crippen LogP contribution in [0.1, 0.15) is 66.3 Å². The van der Waals surface area contributed by atoms with Crippen molar-refractivity contribution in [3.05, 3.63) is 39.1 Å².